The van der Waals surface area contributed by atoms with Crippen molar-refractivity contribution in [3.8, 4) is 0 Å². The Morgan fingerprint density at radius 2 is 1.65 bits per heavy atom. The van der Waals surface area contributed by atoms with Crippen LogP contribution in [0.1, 0.15) is 24.5 Å². The molecule has 0 bridgehead atoms. The fourth-order valence-corrected chi connectivity index (χ4v) is 4.17. The van der Waals surface area contributed by atoms with E-state index in [0.717, 1.165) is 6.42 Å². The van der Waals surface area contributed by atoms with Gasteiger partial charge in [-0.1, -0.05) is 0 Å². The SMILES string of the molecule is CC1=C(c2ccccc2[CH2][Ti][NH]c2ccccc2)CC=C1.Cl.Cl. The molecule has 1 aliphatic rings. The van der Waals surface area contributed by atoms with Crippen molar-refractivity contribution in [1.82, 2.24) is 0 Å². The van der Waals surface area contributed by atoms with Crippen molar-refractivity contribution < 1.29 is 19.4 Å². The van der Waals surface area contributed by atoms with Crippen LogP contribution < -0.4 is 3.80 Å². The molecule has 0 saturated heterocycles. The van der Waals surface area contributed by atoms with Crippen molar-refractivity contribution in [3.63, 3.8) is 0 Å². The van der Waals surface area contributed by atoms with Gasteiger partial charge in [-0.2, -0.15) is 0 Å². The van der Waals surface area contributed by atoms with Gasteiger partial charge in [0.1, 0.15) is 0 Å². The quantitative estimate of drug-likeness (QED) is 0.638. The monoisotopic (exact) mass is 381 g/mol. The molecule has 0 amide bonds. The molecule has 0 heterocycles. The number of hydrogen-bond acceptors (Lipinski definition) is 1. The van der Waals surface area contributed by atoms with Crippen molar-refractivity contribution in [2.24, 2.45) is 0 Å². The Kier molecular flexibility index (Phi) is 8.72. The van der Waals surface area contributed by atoms with Crippen LogP contribution in [-0.4, -0.2) is 0 Å². The van der Waals surface area contributed by atoms with Crippen LogP contribution in [0.3, 0.4) is 0 Å². The van der Waals surface area contributed by atoms with Crippen molar-refractivity contribution in [2.45, 2.75) is 18.1 Å². The molecule has 0 atom stereocenters. The van der Waals surface area contributed by atoms with Crippen LogP contribution in [0.5, 0.6) is 0 Å². The van der Waals surface area contributed by atoms with Gasteiger partial charge in [-0.25, -0.2) is 0 Å². The fourth-order valence-electron chi connectivity index (χ4n) is 2.67. The van der Waals surface area contributed by atoms with Crippen LogP contribution >= 0.6 is 24.8 Å². The molecule has 1 nitrogen and oxygen atoms in total. The summed E-state index contributed by atoms with van der Waals surface area (Å²) in [6.07, 6.45) is 5.58. The van der Waals surface area contributed by atoms with Crippen LogP contribution in [0.2, 0.25) is 0 Å². The van der Waals surface area contributed by atoms with Crippen LogP contribution in [0.15, 0.2) is 72.3 Å². The Hall–Kier alpha value is -0.986. The third-order valence-corrected chi connectivity index (χ3v) is 5.39. The van der Waals surface area contributed by atoms with E-state index in [9.17, 15) is 0 Å². The molecule has 1 N–H and O–H groups in total. The van der Waals surface area contributed by atoms with E-state index in [4.69, 9.17) is 0 Å². The number of rotatable bonds is 5. The van der Waals surface area contributed by atoms with Gasteiger partial charge in [0.15, 0.2) is 0 Å². The summed E-state index contributed by atoms with van der Waals surface area (Å²) >= 11 is -0.213. The number of anilines is 1. The maximum atomic E-state index is 3.62. The van der Waals surface area contributed by atoms with Crippen molar-refractivity contribution >= 4 is 36.1 Å². The van der Waals surface area contributed by atoms with Crippen LogP contribution in [0.4, 0.5) is 5.69 Å². The first-order valence-corrected chi connectivity index (χ1v) is 9.21. The van der Waals surface area contributed by atoms with Crippen molar-refractivity contribution in [2.75, 3.05) is 3.80 Å². The van der Waals surface area contributed by atoms with E-state index in [1.54, 1.807) is 0 Å². The summed E-state index contributed by atoms with van der Waals surface area (Å²) in [4.78, 5) is 0. The molecule has 4 heteroatoms. The molecule has 3 rings (SSSR count). The smallest absolute Gasteiger partial charge is 0.147 e. The molecule has 2 aromatic carbocycles. The van der Waals surface area contributed by atoms with E-state index in [-0.39, 0.29) is 44.2 Å². The van der Waals surface area contributed by atoms with Crippen molar-refractivity contribution in [1.29, 1.82) is 0 Å². The number of nitrogens with one attached hydrogen (secondary N) is 1. The zero-order valence-electron chi connectivity index (χ0n) is 13.1. The Morgan fingerprint density at radius 3 is 2.35 bits per heavy atom. The molecule has 1 aliphatic carbocycles. The van der Waals surface area contributed by atoms with Gasteiger partial charge in [0.05, 0.1) is 0 Å². The molecule has 0 aliphatic heterocycles. The van der Waals surface area contributed by atoms with E-state index in [1.807, 2.05) is 0 Å². The number of benzene rings is 2. The zero-order chi connectivity index (χ0) is 14.5. The summed E-state index contributed by atoms with van der Waals surface area (Å²) in [5, 5.41) is 0. The molecule has 0 saturated carbocycles. The van der Waals surface area contributed by atoms with Gasteiger partial charge >= 0.3 is 136 Å². The van der Waals surface area contributed by atoms with Crippen molar-refractivity contribution in [3.05, 3.63) is 83.4 Å². The number of para-hydroxylation sites is 1. The largest absolute Gasteiger partial charge is 0.147 e. The standard InChI is InChI=1S/C13H13.C6H6N.2ClH.Ti/c1-10-6-3-4-8-12(10)13-9-5-7-11(13)2;7-6-4-2-1-3-5-6;;;/h3-8H,1,9H2,2H3;1-5,7H;2*1H;/q;-1;;;+1. The molecular weight excluding hydrogens is 361 g/mol. The summed E-state index contributed by atoms with van der Waals surface area (Å²) in [5.41, 5.74) is 7.08. The third-order valence-electron chi connectivity index (χ3n) is 3.79. The van der Waals surface area contributed by atoms with E-state index >= 15 is 0 Å². The Balaban J connectivity index is 0.00000132. The molecule has 2 aromatic rings. The fraction of sp³-hybridized carbons (Fsp3) is 0.158. The Morgan fingerprint density at radius 1 is 0.957 bits per heavy atom. The maximum absolute atomic E-state index is 3.62. The molecule has 0 fully saturated rings. The van der Waals surface area contributed by atoms with E-state index in [1.165, 1.54) is 32.7 Å². The molecule has 0 radical (unpaired) electrons. The zero-order valence-corrected chi connectivity index (χ0v) is 16.3. The first-order chi connectivity index (χ1) is 10.3. The summed E-state index contributed by atoms with van der Waals surface area (Å²) in [6.45, 7) is 2.22. The molecule has 0 aromatic heterocycles. The van der Waals surface area contributed by atoms with E-state index in [2.05, 4.69) is 77.5 Å². The minimum absolute atomic E-state index is 0. The Labute approximate surface area is 160 Å². The summed E-state index contributed by atoms with van der Waals surface area (Å²) in [7, 11) is 0. The first kappa shape index (κ1) is 20.1. The second-order valence-electron chi connectivity index (χ2n) is 5.27. The Bertz CT molecular complexity index is 681. The van der Waals surface area contributed by atoms with Gasteiger partial charge in [0, 0.05) is 0 Å². The minimum atomic E-state index is -0.213. The normalized spacial score (nSPS) is 12.4. The third kappa shape index (κ3) is 5.26. The molecule has 0 spiro atoms. The molecule has 23 heavy (non-hydrogen) atoms. The average Bonchev–Trinajstić information content (AvgIpc) is 2.95. The van der Waals surface area contributed by atoms with Gasteiger partial charge in [0.25, 0.3) is 0 Å². The van der Waals surface area contributed by atoms with Gasteiger partial charge in [-0.05, 0) is 0 Å². The number of halogens is 2. The predicted octanol–water partition coefficient (Wildman–Crippen LogP) is 5.87. The topological polar surface area (TPSA) is 12.0 Å². The van der Waals surface area contributed by atoms with Gasteiger partial charge in [-0.3, -0.25) is 0 Å². The van der Waals surface area contributed by atoms with Gasteiger partial charge in [0.2, 0.25) is 0 Å². The van der Waals surface area contributed by atoms with Crippen LogP contribution in [0.25, 0.3) is 5.57 Å². The number of hydrogen-bond donors (Lipinski definition) is 1. The molecular formula is C19H21Cl2NTi. The van der Waals surface area contributed by atoms with Gasteiger partial charge in [-0.15, -0.1) is 24.8 Å². The van der Waals surface area contributed by atoms with E-state index in [0.29, 0.717) is 0 Å². The van der Waals surface area contributed by atoms with E-state index < -0.39 is 0 Å². The summed E-state index contributed by atoms with van der Waals surface area (Å²) in [6, 6.07) is 19.4. The minimum Gasteiger partial charge on any atom is -0.147 e. The second-order valence-corrected chi connectivity index (χ2v) is 6.76. The molecule has 120 valence electrons. The van der Waals surface area contributed by atoms with Crippen LogP contribution in [0, 0.1) is 0 Å². The van der Waals surface area contributed by atoms with Gasteiger partial charge < -0.3 is 0 Å². The second kappa shape index (κ2) is 10.00. The number of allylic oxidation sites excluding steroid dienone is 4. The average molecular weight is 382 g/mol. The first-order valence-electron chi connectivity index (χ1n) is 7.33. The maximum Gasteiger partial charge on any atom is -0.147 e. The predicted molar refractivity (Wildman–Crippen MR) is 101 cm³/mol. The summed E-state index contributed by atoms with van der Waals surface area (Å²) < 4.78 is 4.78. The van der Waals surface area contributed by atoms with Crippen LogP contribution in [-0.2, 0) is 24.1 Å². The summed E-state index contributed by atoms with van der Waals surface area (Å²) in [5.74, 6) is 0. The molecule has 0 unspecified atom stereocenters.